The summed E-state index contributed by atoms with van der Waals surface area (Å²) in [6.45, 7) is 1.53. The summed E-state index contributed by atoms with van der Waals surface area (Å²) in [4.78, 5) is 17.9. The van der Waals surface area contributed by atoms with E-state index >= 15 is 0 Å². The number of carbonyl (C=O) groups is 1. The molecule has 0 aliphatic carbocycles. The molecule has 0 atom stereocenters. The van der Waals surface area contributed by atoms with Gasteiger partial charge in [-0.05, 0) is 12.1 Å². The largest absolute Gasteiger partial charge is 0.441 e. The minimum atomic E-state index is -0.699. The summed E-state index contributed by atoms with van der Waals surface area (Å²) in [6, 6.07) is 3.62. The Morgan fingerprint density at radius 1 is 1.26 bits per heavy atom. The SMILES string of the molecule is O=C(CCc1ncc(-c2c(F)cccc2F)o1)N1CCSCC1. The molecule has 2 heterocycles. The number of oxazole rings is 1. The number of nitrogens with zero attached hydrogens (tertiary/aromatic N) is 2. The molecule has 1 amide bonds. The molecule has 0 saturated carbocycles. The molecule has 4 nitrogen and oxygen atoms in total. The number of hydrogen-bond acceptors (Lipinski definition) is 4. The van der Waals surface area contributed by atoms with E-state index in [1.807, 2.05) is 16.7 Å². The van der Waals surface area contributed by atoms with Crippen LogP contribution in [0.15, 0.2) is 28.8 Å². The fourth-order valence-corrected chi connectivity index (χ4v) is 3.36. The van der Waals surface area contributed by atoms with Crippen LogP contribution >= 0.6 is 11.8 Å². The van der Waals surface area contributed by atoms with Gasteiger partial charge in [0.1, 0.15) is 11.6 Å². The Morgan fingerprint density at radius 2 is 1.96 bits per heavy atom. The van der Waals surface area contributed by atoms with Gasteiger partial charge in [-0.2, -0.15) is 11.8 Å². The fourth-order valence-electron chi connectivity index (χ4n) is 2.46. The van der Waals surface area contributed by atoms with Crippen LogP contribution in [0.25, 0.3) is 11.3 Å². The highest BCUT2D eigenvalue weighted by molar-refractivity contribution is 7.99. The molecular weight excluding hydrogens is 322 g/mol. The minimum absolute atomic E-state index is 0.0393. The summed E-state index contributed by atoms with van der Waals surface area (Å²) >= 11 is 1.84. The molecule has 1 aliphatic rings. The van der Waals surface area contributed by atoms with Crippen molar-refractivity contribution < 1.29 is 18.0 Å². The molecule has 0 N–H and O–H groups in total. The Bertz CT molecular complexity index is 679. The maximum absolute atomic E-state index is 13.7. The lowest BCUT2D eigenvalue weighted by atomic mass is 10.1. The lowest BCUT2D eigenvalue weighted by Gasteiger charge is -2.26. The van der Waals surface area contributed by atoms with Crippen LogP contribution in [-0.4, -0.2) is 40.4 Å². The zero-order valence-corrected chi connectivity index (χ0v) is 13.2. The molecule has 1 fully saturated rings. The predicted molar refractivity (Wildman–Crippen MR) is 84.1 cm³/mol. The van der Waals surface area contributed by atoms with E-state index in [-0.39, 0.29) is 23.7 Å². The van der Waals surface area contributed by atoms with Crippen LogP contribution in [0, 0.1) is 11.6 Å². The summed E-state index contributed by atoms with van der Waals surface area (Å²) in [7, 11) is 0. The third kappa shape index (κ3) is 3.72. The highest BCUT2D eigenvalue weighted by Gasteiger charge is 2.19. The molecule has 122 valence electrons. The second-order valence-electron chi connectivity index (χ2n) is 5.21. The predicted octanol–water partition coefficient (Wildman–Crippen LogP) is 3.13. The van der Waals surface area contributed by atoms with Gasteiger partial charge in [0.05, 0.1) is 11.8 Å². The van der Waals surface area contributed by atoms with Crippen molar-refractivity contribution in [1.29, 1.82) is 0 Å². The van der Waals surface area contributed by atoms with Crippen molar-refractivity contribution >= 4 is 17.7 Å². The zero-order valence-electron chi connectivity index (χ0n) is 12.4. The van der Waals surface area contributed by atoms with Crippen LogP contribution in [-0.2, 0) is 11.2 Å². The number of thioether (sulfide) groups is 1. The number of aryl methyl sites for hydroxylation is 1. The average Bonchev–Trinajstić information content (AvgIpc) is 3.02. The quantitative estimate of drug-likeness (QED) is 0.859. The first-order chi connectivity index (χ1) is 11.1. The third-order valence-electron chi connectivity index (χ3n) is 3.68. The molecule has 7 heteroatoms. The average molecular weight is 338 g/mol. The number of halogens is 2. The Labute approximate surface area is 136 Å². The van der Waals surface area contributed by atoms with Gasteiger partial charge in [-0.15, -0.1) is 0 Å². The summed E-state index contributed by atoms with van der Waals surface area (Å²) in [5, 5.41) is 0. The molecule has 1 aliphatic heterocycles. The number of benzene rings is 1. The fraction of sp³-hybridized carbons (Fsp3) is 0.375. The van der Waals surface area contributed by atoms with Crippen LogP contribution in [0.2, 0.25) is 0 Å². The molecule has 1 aromatic carbocycles. The van der Waals surface area contributed by atoms with Gasteiger partial charge >= 0.3 is 0 Å². The maximum atomic E-state index is 13.7. The van der Waals surface area contributed by atoms with Gasteiger partial charge in [-0.1, -0.05) is 6.07 Å². The van der Waals surface area contributed by atoms with Crippen LogP contribution in [0.5, 0.6) is 0 Å². The van der Waals surface area contributed by atoms with E-state index in [1.54, 1.807) is 0 Å². The molecule has 0 spiro atoms. The molecule has 0 bridgehead atoms. The van der Waals surface area contributed by atoms with Crippen molar-refractivity contribution in [2.45, 2.75) is 12.8 Å². The highest BCUT2D eigenvalue weighted by Crippen LogP contribution is 2.26. The second-order valence-corrected chi connectivity index (χ2v) is 6.43. The Morgan fingerprint density at radius 3 is 2.65 bits per heavy atom. The minimum Gasteiger partial charge on any atom is -0.441 e. The first-order valence-electron chi connectivity index (χ1n) is 7.40. The van der Waals surface area contributed by atoms with Gasteiger partial charge in [0.2, 0.25) is 5.91 Å². The highest BCUT2D eigenvalue weighted by atomic mass is 32.2. The van der Waals surface area contributed by atoms with Gasteiger partial charge in [-0.25, -0.2) is 13.8 Å². The number of hydrogen-bond donors (Lipinski definition) is 0. The van der Waals surface area contributed by atoms with E-state index < -0.39 is 11.6 Å². The molecular formula is C16H16F2N2O2S. The van der Waals surface area contributed by atoms with E-state index in [0.29, 0.717) is 12.3 Å². The molecule has 2 aromatic rings. The summed E-state index contributed by atoms with van der Waals surface area (Å²) < 4.78 is 32.8. The van der Waals surface area contributed by atoms with Crippen LogP contribution in [0.1, 0.15) is 12.3 Å². The molecule has 1 saturated heterocycles. The molecule has 23 heavy (non-hydrogen) atoms. The first kappa shape index (κ1) is 16.0. The van der Waals surface area contributed by atoms with Gasteiger partial charge < -0.3 is 9.32 Å². The topological polar surface area (TPSA) is 46.3 Å². The van der Waals surface area contributed by atoms with E-state index in [2.05, 4.69) is 4.98 Å². The zero-order chi connectivity index (χ0) is 16.2. The van der Waals surface area contributed by atoms with Crippen molar-refractivity contribution in [3.8, 4) is 11.3 Å². The molecule has 3 rings (SSSR count). The normalized spacial score (nSPS) is 15.0. The van der Waals surface area contributed by atoms with Crippen molar-refractivity contribution in [3.63, 3.8) is 0 Å². The summed E-state index contributed by atoms with van der Waals surface area (Å²) in [5.74, 6) is 0.925. The Balaban J connectivity index is 1.64. The van der Waals surface area contributed by atoms with Crippen molar-refractivity contribution in [2.75, 3.05) is 24.6 Å². The number of rotatable bonds is 4. The van der Waals surface area contributed by atoms with Crippen LogP contribution in [0.4, 0.5) is 8.78 Å². The number of amides is 1. The van der Waals surface area contributed by atoms with E-state index in [0.717, 1.165) is 24.6 Å². The molecule has 0 unspecified atom stereocenters. The van der Waals surface area contributed by atoms with E-state index in [9.17, 15) is 13.6 Å². The first-order valence-corrected chi connectivity index (χ1v) is 8.55. The van der Waals surface area contributed by atoms with E-state index in [1.165, 1.54) is 24.4 Å². The van der Waals surface area contributed by atoms with Gasteiger partial charge in [-0.3, -0.25) is 4.79 Å². The van der Waals surface area contributed by atoms with Crippen molar-refractivity contribution in [3.05, 3.63) is 41.9 Å². The van der Waals surface area contributed by atoms with Crippen molar-refractivity contribution in [1.82, 2.24) is 9.88 Å². The van der Waals surface area contributed by atoms with Crippen LogP contribution in [0.3, 0.4) is 0 Å². The number of carbonyl (C=O) groups excluding carboxylic acids is 1. The van der Waals surface area contributed by atoms with Gasteiger partial charge in [0.15, 0.2) is 11.7 Å². The lowest BCUT2D eigenvalue weighted by molar-refractivity contribution is -0.130. The monoisotopic (exact) mass is 338 g/mol. The van der Waals surface area contributed by atoms with E-state index in [4.69, 9.17) is 4.42 Å². The molecule has 1 aromatic heterocycles. The lowest BCUT2D eigenvalue weighted by Crippen LogP contribution is -2.37. The number of aromatic nitrogens is 1. The molecule has 0 radical (unpaired) electrons. The standard InChI is InChI=1S/C16H16F2N2O2S/c17-11-2-1-3-12(18)16(11)13-10-19-14(22-13)4-5-15(21)20-6-8-23-9-7-20/h1-3,10H,4-9H2. The smallest absolute Gasteiger partial charge is 0.223 e. The maximum Gasteiger partial charge on any atom is 0.223 e. The second kappa shape index (κ2) is 7.12. The Kier molecular flexibility index (Phi) is 4.95. The van der Waals surface area contributed by atoms with Crippen molar-refractivity contribution in [2.24, 2.45) is 0 Å². The Hall–Kier alpha value is -1.89. The summed E-state index contributed by atoms with van der Waals surface area (Å²) in [5.41, 5.74) is -0.231. The summed E-state index contributed by atoms with van der Waals surface area (Å²) in [6.07, 6.45) is 1.89. The van der Waals surface area contributed by atoms with Crippen LogP contribution < -0.4 is 0 Å². The third-order valence-corrected chi connectivity index (χ3v) is 4.62. The van der Waals surface area contributed by atoms with Gasteiger partial charge in [0.25, 0.3) is 0 Å². The van der Waals surface area contributed by atoms with Gasteiger partial charge in [0, 0.05) is 37.4 Å².